The van der Waals surface area contributed by atoms with E-state index >= 15 is 0 Å². The van der Waals surface area contributed by atoms with Crippen LogP contribution in [0.15, 0.2) is 42.5 Å². The molecular formula is C21H18FNO4S. The van der Waals surface area contributed by atoms with Crippen LogP contribution in [0.4, 0.5) is 9.18 Å². The molecular weight excluding hydrogens is 381 g/mol. The number of carbonyl (C=O) groups is 2. The topological polar surface area (TPSA) is 55.8 Å². The molecule has 144 valence electrons. The zero-order chi connectivity index (χ0) is 20.1. The Balaban J connectivity index is 1.69. The first kappa shape index (κ1) is 19.8. The van der Waals surface area contributed by atoms with Crippen molar-refractivity contribution >= 4 is 22.9 Å². The number of imide groups is 1. The summed E-state index contributed by atoms with van der Waals surface area (Å²) < 4.78 is 23.8. The minimum absolute atomic E-state index is 0.125. The molecule has 0 aliphatic carbocycles. The van der Waals surface area contributed by atoms with Gasteiger partial charge in [-0.25, -0.2) is 4.39 Å². The zero-order valence-corrected chi connectivity index (χ0v) is 16.0. The van der Waals surface area contributed by atoms with Gasteiger partial charge in [-0.1, -0.05) is 35.9 Å². The normalized spacial score (nSPS) is 16.2. The van der Waals surface area contributed by atoms with Crippen LogP contribution in [0.3, 0.4) is 0 Å². The molecule has 1 saturated heterocycles. The Morgan fingerprint density at radius 1 is 1.14 bits per heavy atom. The first-order valence-electron chi connectivity index (χ1n) is 8.51. The Kier molecular flexibility index (Phi) is 6.22. The fourth-order valence-electron chi connectivity index (χ4n) is 2.84. The number of halogens is 1. The van der Waals surface area contributed by atoms with Gasteiger partial charge in [0.25, 0.3) is 5.24 Å². The molecule has 28 heavy (non-hydrogen) atoms. The van der Waals surface area contributed by atoms with E-state index in [9.17, 15) is 14.0 Å². The van der Waals surface area contributed by atoms with Gasteiger partial charge in [0.1, 0.15) is 12.4 Å². The number of carbonyl (C=O) groups excluding carboxylic acids is 2. The van der Waals surface area contributed by atoms with Crippen molar-refractivity contribution in [2.24, 2.45) is 0 Å². The smallest absolute Gasteiger partial charge is 0.289 e. The molecule has 0 radical (unpaired) electrons. The SMILES string of the molecule is C#CCOc1ccc(C[C@H]2SC(=O)N(Cc3ccc(F)cc3)C2=O)cc1OC. The average molecular weight is 399 g/mol. The van der Waals surface area contributed by atoms with Crippen LogP contribution in [-0.4, -0.2) is 35.0 Å². The van der Waals surface area contributed by atoms with E-state index in [-0.39, 0.29) is 30.1 Å². The minimum Gasteiger partial charge on any atom is -0.493 e. The fourth-order valence-corrected chi connectivity index (χ4v) is 3.86. The average Bonchev–Trinajstić information content (AvgIpc) is 2.95. The number of terminal acetylenes is 1. The quantitative estimate of drug-likeness (QED) is 0.665. The third-order valence-electron chi connectivity index (χ3n) is 4.22. The summed E-state index contributed by atoms with van der Waals surface area (Å²) in [6.45, 7) is 0.253. The summed E-state index contributed by atoms with van der Waals surface area (Å²) in [7, 11) is 1.52. The molecule has 1 fully saturated rings. The Labute approximate surface area is 166 Å². The first-order valence-corrected chi connectivity index (χ1v) is 9.39. The van der Waals surface area contributed by atoms with E-state index in [1.807, 2.05) is 6.07 Å². The summed E-state index contributed by atoms with van der Waals surface area (Å²) in [6.07, 6.45) is 5.58. The van der Waals surface area contributed by atoms with Crippen LogP contribution in [-0.2, 0) is 17.8 Å². The molecule has 0 bridgehead atoms. The van der Waals surface area contributed by atoms with Crippen LogP contribution >= 0.6 is 11.8 Å². The number of hydrogen-bond acceptors (Lipinski definition) is 5. The van der Waals surface area contributed by atoms with Gasteiger partial charge in [-0.05, 0) is 41.8 Å². The van der Waals surface area contributed by atoms with Crippen LogP contribution in [0.25, 0.3) is 0 Å². The van der Waals surface area contributed by atoms with Crippen molar-refractivity contribution in [2.45, 2.75) is 18.2 Å². The van der Waals surface area contributed by atoms with Gasteiger partial charge in [-0.15, -0.1) is 6.42 Å². The fraction of sp³-hybridized carbons (Fsp3) is 0.238. The van der Waals surface area contributed by atoms with Gasteiger partial charge in [0.15, 0.2) is 11.5 Å². The largest absolute Gasteiger partial charge is 0.493 e. The van der Waals surface area contributed by atoms with Gasteiger partial charge >= 0.3 is 0 Å². The van der Waals surface area contributed by atoms with E-state index in [0.717, 1.165) is 17.3 Å². The van der Waals surface area contributed by atoms with Crippen molar-refractivity contribution in [3.05, 3.63) is 59.4 Å². The molecule has 0 unspecified atom stereocenters. The van der Waals surface area contributed by atoms with Gasteiger partial charge in [0, 0.05) is 0 Å². The van der Waals surface area contributed by atoms with Crippen molar-refractivity contribution in [1.29, 1.82) is 0 Å². The van der Waals surface area contributed by atoms with Gasteiger partial charge in [-0.3, -0.25) is 14.5 Å². The molecule has 0 N–H and O–H groups in total. The molecule has 0 spiro atoms. The number of amides is 2. The summed E-state index contributed by atoms with van der Waals surface area (Å²) in [5, 5.41) is -0.824. The van der Waals surface area contributed by atoms with Crippen LogP contribution in [0.5, 0.6) is 11.5 Å². The lowest BCUT2D eigenvalue weighted by Gasteiger charge is -2.14. The molecule has 2 amide bonds. The molecule has 2 aromatic carbocycles. The van der Waals surface area contributed by atoms with E-state index in [0.29, 0.717) is 23.5 Å². The molecule has 3 rings (SSSR count). The van der Waals surface area contributed by atoms with E-state index in [2.05, 4.69) is 5.92 Å². The number of hydrogen-bond donors (Lipinski definition) is 0. The summed E-state index contributed by atoms with van der Waals surface area (Å²) >= 11 is 0.995. The monoisotopic (exact) mass is 399 g/mol. The molecule has 0 saturated carbocycles. The number of benzene rings is 2. The van der Waals surface area contributed by atoms with Crippen molar-refractivity contribution in [1.82, 2.24) is 4.90 Å². The maximum Gasteiger partial charge on any atom is 0.289 e. The summed E-state index contributed by atoms with van der Waals surface area (Å²) in [5.74, 6) is 2.80. The maximum absolute atomic E-state index is 13.0. The highest BCUT2D eigenvalue weighted by molar-refractivity contribution is 8.15. The van der Waals surface area contributed by atoms with Gasteiger partial charge < -0.3 is 9.47 Å². The van der Waals surface area contributed by atoms with Gasteiger partial charge in [0.05, 0.1) is 18.9 Å². The second-order valence-electron chi connectivity index (χ2n) is 6.11. The molecule has 5 nitrogen and oxygen atoms in total. The third kappa shape index (κ3) is 4.46. The highest BCUT2D eigenvalue weighted by Gasteiger charge is 2.39. The zero-order valence-electron chi connectivity index (χ0n) is 15.2. The number of nitrogens with zero attached hydrogens (tertiary/aromatic N) is 1. The Morgan fingerprint density at radius 3 is 2.54 bits per heavy atom. The molecule has 2 aromatic rings. The lowest BCUT2D eigenvalue weighted by molar-refractivity contribution is -0.127. The Bertz CT molecular complexity index is 923. The number of rotatable bonds is 7. The van der Waals surface area contributed by atoms with Crippen LogP contribution < -0.4 is 9.47 Å². The molecule has 1 aliphatic heterocycles. The van der Waals surface area contributed by atoms with Gasteiger partial charge in [0.2, 0.25) is 5.91 Å². The minimum atomic E-state index is -0.518. The van der Waals surface area contributed by atoms with Crippen molar-refractivity contribution < 1.29 is 23.5 Å². The molecule has 1 heterocycles. The predicted octanol–water partition coefficient (Wildman–Crippen LogP) is 3.65. The van der Waals surface area contributed by atoms with E-state index < -0.39 is 5.25 Å². The van der Waals surface area contributed by atoms with Crippen LogP contribution in [0.1, 0.15) is 11.1 Å². The lowest BCUT2D eigenvalue weighted by Crippen LogP contribution is -2.31. The van der Waals surface area contributed by atoms with Crippen molar-refractivity contribution in [3.8, 4) is 23.8 Å². The molecule has 7 heteroatoms. The van der Waals surface area contributed by atoms with Crippen molar-refractivity contribution in [2.75, 3.05) is 13.7 Å². The third-order valence-corrected chi connectivity index (χ3v) is 5.29. The van der Waals surface area contributed by atoms with Crippen LogP contribution in [0, 0.1) is 18.2 Å². The lowest BCUT2D eigenvalue weighted by atomic mass is 10.1. The van der Waals surface area contributed by atoms with E-state index in [4.69, 9.17) is 15.9 Å². The predicted molar refractivity (Wildman–Crippen MR) is 105 cm³/mol. The number of thioether (sulfide) groups is 1. The number of ether oxygens (including phenoxy) is 2. The molecule has 1 atom stereocenters. The number of methoxy groups -OCH3 is 1. The highest BCUT2D eigenvalue weighted by Crippen LogP contribution is 2.33. The van der Waals surface area contributed by atoms with E-state index in [1.54, 1.807) is 24.3 Å². The highest BCUT2D eigenvalue weighted by atomic mass is 32.2. The Morgan fingerprint density at radius 2 is 1.86 bits per heavy atom. The summed E-state index contributed by atoms with van der Waals surface area (Å²) in [6, 6.07) is 11.1. The summed E-state index contributed by atoms with van der Waals surface area (Å²) in [5.41, 5.74) is 1.54. The van der Waals surface area contributed by atoms with Crippen molar-refractivity contribution in [3.63, 3.8) is 0 Å². The van der Waals surface area contributed by atoms with Gasteiger partial charge in [-0.2, -0.15) is 0 Å². The molecule has 1 aliphatic rings. The second kappa shape index (κ2) is 8.81. The van der Waals surface area contributed by atoms with E-state index in [1.165, 1.54) is 24.1 Å². The molecule has 0 aromatic heterocycles. The first-order chi connectivity index (χ1) is 13.5. The summed E-state index contributed by atoms with van der Waals surface area (Å²) in [4.78, 5) is 26.2. The second-order valence-corrected chi connectivity index (χ2v) is 7.26. The van der Waals surface area contributed by atoms with Crippen LogP contribution in [0.2, 0.25) is 0 Å². The Hall–Kier alpha value is -2.98. The maximum atomic E-state index is 13.0. The standard InChI is InChI=1S/C21H18FNO4S/c1-3-10-27-17-9-6-15(11-18(17)26-2)12-19-20(24)23(21(25)28-19)13-14-4-7-16(22)8-5-14/h1,4-9,11,19H,10,12-13H2,2H3/t19-/m1/s1.